The van der Waals surface area contributed by atoms with Crippen molar-refractivity contribution in [3.8, 4) is 11.5 Å². The molecule has 0 N–H and O–H groups in total. The third-order valence-electron chi connectivity index (χ3n) is 7.22. The van der Waals surface area contributed by atoms with Gasteiger partial charge in [0.15, 0.2) is 23.4 Å². The smallest absolute Gasteiger partial charge is 0.174 e. The van der Waals surface area contributed by atoms with Crippen LogP contribution in [0.25, 0.3) is 0 Å². The number of Topliss-reactive ketones (excluding diaryl/α,β-unsaturated/α-hetero) is 1. The Bertz CT molecular complexity index is 759. The summed E-state index contributed by atoms with van der Waals surface area (Å²) >= 11 is 0. The van der Waals surface area contributed by atoms with Crippen molar-refractivity contribution in [2.75, 3.05) is 20.7 Å². The van der Waals surface area contributed by atoms with E-state index in [-0.39, 0.29) is 16.9 Å². The fraction of sp³-hybridized carbons (Fsp3) is 0.611. The number of hydrogen-bond acceptors (Lipinski definition) is 4. The molecule has 1 aromatic rings. The molecular weight excluding hydrogens is 278 g/mol. The van der Waals surface area contributed by atoms with Gasteiger partial charge in [0.2, 0.25) is 0 Å². The first-order valence-corrected chi connectivity index (χ1v) is 8.21. The number of ether oxygens (including phenoxy) is 2. The summed E-state index contributed by atoms with van der Waals surface area (Å²) in [4.78, 5) is 15.3. The molecule has 114 valence electrons. The molecule has 1 saturated heterocycles. The van der Waals surface area contributed by atoms with Gasteiger partial charge in [-0.05, 0) is 42.9 Å². The van der Waals surface area contributed by atoms with Gasteiger partial charge in [-0.25, -0.2) is 0 Å². The number of carbonyl (C=O) groups excluding carboxylic acids is 1. The fourth-order valence-corrected chi connectivity index (χ4v) is 6.93. The summed E-state index contributed by atoms with van der Waals surface area (Å²) in [6, 6.07) is 4.77. The highest BCUT2D eigenvalue weighted by Crippen LogP contribution is 2.77. The molecule has 7 rings (SSSR count). The van der Waals surface area contributed by atoms with Crippen LogP contribution in [0.2, 0.25) is 0 Å². The van der Waals surface area contributed by atoms with E-state index in [1.807, 2.05) is 6.07 Å². The van der Waals surface area contributed by atoms with Crippen molar-refractivity contribution in [3.05, 3.63) is 23.3 Å². The topological polar surface area (TPSA) is 38.8 Å². The third kappa shape index (κ3) is 0.937. The Labute approximate surface area is 129 Å². The number of methoxy groups -OCH3 is 1. The number of hydrogen-bond donors (Lipinski definition) is 0. The van der Waals surface area contributed by atoms with Crippen molar-refractivity contribution in [1.82, 2.24) is 4.90 Å². The predicted molar refractivity (Wildman–Crippen MR) is 79.4 cm³/mol. The Balaban J connectivity index is 1.68. The molecule has 22 heavy (non-hydrogen) atoms. The molecule has 3 saturated carbocycles. The van der Waals surface area contributed by atoms with Gasteiger partial charge in [-0.2, -0.15) is 0 Å². The van der Waals surface area contributed by atoms with Crippen LogP contribution < -0.4 is 9.47 Å². The SMILES string of the molecule is COc1ccc2c3c1O[C@H]1C(=O)CC45CN(C)[C@H](C2)C4[C@@]31C5. The van der Waals surface area contributed by atoms with E-state index in [0.717, 1.165) is 30.9 Å². The van der Waals surface area contributed by atoms with E-state index in [1.54, 1.807) is 7.11 Å². The molecule has 4 nitrogen and oxygen atoms in total. The monoisotopic (exact) mass is 297 g/mol. The highest BCUT2D eigenvalue weighted by Gasteiger charge is 2.81. The van der Waals surface area contributed by atoms with Crippen LogP contribution >= 0.6 is 0 Å². The zero-order chi connectivity index (χ0) is 14.9. The average molecular weight is 297 g/mol. The van der Waals surface area contributed by atoms with Crippen molar-refractivity contribution >= 4 is 5.78 Å². The van der Waals surface area contributed by atoms with Gasteiger partial charge in [0.05, 0.1) is 7.11 Å². The summed E-state index contributed by atoms with van der Waals surface area (Å²) in [6.45, 7) is 1.07. The number of carbonyl (C=O) groups is 1. The van der Waals surface area contributed by atoms with Crippen molar-refractivity contribution < 1.29 is 14.3 Å². The molecule has 2 aliphatic heterocycles. The highest BCUT2D eigenvalue weighted by atomic mass is 16.5. The molecule has 2 spiro atoms. The lowest BCUT2D eigenvalue weighted by atomic mass is 9.35. The second-order valence-electron chi connectivity index (χ2n) is 8.02. The minimum atomic E-state index is -0.265. The molecule has 4 fully saturated rings. The quantitative estimate of drug-likeness (QED) is 0.788. The van der Waals surface area contributed by atoms with Crippen LogP contribution in [-0.4, -0.2) is 43.5 Å². The minimum absolute atomic E-state index is 0.0534. The first-order valence-electron chi connectivity index (χ1n) is 8.21. The summed E-state index contributed by atoms with van der Waals surface area (Å²) in [7, 11) is 3.91. The van der Waals surface area contributed by atoms with E-state index in [0.29, 0.717) is 24.2 Å². The van der Waals surface area contributed by atoms with Gasteiger partial charge in [-0.15, -0.1) is 0 Å². The number of ketones is 1. The maximum atomic E-state index is 12.8. The van der Waals surface area contributed by atoms with Crippen LogP contribution in [0.5, 0.6) is 11.5 Å². The molecule has 2 bridgehead atoms. The molecule has 6 aliphatic rings. The number of likely N-dealkylation sites (tertiary alicyclic amines) is 1. The molecule has 0 radical (unpaired) electrons. The standard InChI is InChI=1S/C18H19NO3/c1-19-8-17-6-11(20)16-18(7-17)13-9(5-10(19)15(17)18)3-4-12(21-2)14(13)22-16/h3-4,10,15-16H,5-8H2,1-2H3/t10-,15?,16+,17?,18-/m1/s1. The van der Waals surface area contributed by atoms with Gasteiger partial charge in [-0.3, -0.25) is 4.79 Å². The summed E-state index contributed by atoms with van der Waals surface area (Å²) < 4.78 is 11.8. The number of rotatable bonds is 1. The zero-order valence-corrected chi connectivity index (χ0v) is 12.9. The maximum Gasteiger partial charge on any atom is 0.174 e. The highest BCUT2D eigenvalue weighted by molar-refractivity contribution is 5.92. The lowest BCUT2D eigenvalue weighted by Gasteiger charge is -2.66. The Morgan fingerprint density at radius 3 is 3.09 bits per heavy atom. The Hall–Kier alpha value is -1.55. The molecule has 4 aliphatic carbocycles. The molecule has 0 aromatic heterocycles. The third-order valence-corrected chi connectivity index (χ3v) is 7.22. The summed E-state index contributed by atoms with van der Waals surface area (Å²) in [5.74, 6) is 2.55. The van der Waals surface area contributed by atoms with Gasteiger partial charge >= 0.3 is 0 Å². The number of fused-ring (bicyclic) bond motifs is 1. The lowest BCUT2D eigenvalue weighted by Crippen LogP contribution is -2.72. The van der Waals surface area contributed by atoms with E-state index < -0.39 is 0 Å². The van der Waals surface area contributed by atoms with Crippen LogP contribution in [0.15, 0.2) is 12.1 Å². The number of nitrogens with zero attached hydrogens (tertiary/aromatic N) is 1. The van der Waals surface area contributed by atoms with E-state index in [2.05, 4.69) is 18.0 Å². The van der Waals surface area contributed by atoms with Crippen molar-refractivity contribution in [2.45, 2.75) is 36.8 Å². The van der Waals surface area contributed by atoms with Gasteiger partial charge in [0.25, 0.3) is 0 Å². The maximum absolute atomic E-state index is 12.8. The average Bonchev–Trinajstić information content (AvgIpc) is 2.95. The lowest BCUT2D eigenvalue weighted by molar-refractivity contribution is -0.168. The predicted octanol–water partition coefficient (Wildman–Crippen LogP) is 1.54. The van der Waals surface area contributed by atoms with Crippen LogP contribution in [-0.2, 0) is 16.6 Å². The summed E-state index contributed by atoms with van der Waals surface area (Å²) in [6.07, 6.45) is 2.64. The van der Waals surface area contributed by atoms with E-state index in [4.69, 9.17) is 9.47 Å². The Morgan fingerprint density at radius 1 is 1.41 bits per heavy atom. The van der Waals surface area contributed by atoms with Gasteiger partial charge < -0.3 is 14.4 Å². The summed E-state index contributed by atoms with van der Waals surface area (Å²) in [5.41, 5.74) is 2.86. The number of benzene rings is 1. The molecular formula is C18H19NO3. The summed E-state index contributed by atoms with van der Waals surface area (Å²) in [5, 5.41) is 0. The van der Waals surface area contributed by atoms with Crippen LogP contribution in [0.1, 0.15) is 24.0 Å². The van der Waals surface area contributed by atoms with E-state index in [1.165, 1.54) is 11.1 Å². The van der Waals surface area contributed by atoms with Crippen LogP contribution in [0, 0.1) is 11.3 Å². The van der Waals surface area contributed by atoms with Crippen LogP contribution in [0.3, 0.4) is 0 Å². The molecule has 0 amide bonds. The molecule has 1 aromatic carbocycles. The van der Waals surface area contributed by atoms with E-state index >= 15 is 0 Å². The van der Waals surface area contributed by atoms with Crippen molar-refractivity contribution in [3.63, 3.8) is 0 Å². The second-order valence-corrected chi connectivity index (χ2v) is 8.02. The Kier molecular flexibility index (Phi) is 1.74. The minimum Gasteiger partial charge on any atom is -0.493 e. The van der Waals surface area contributed by atoms with Gasteiger partial charge in [-0.1, -0.05) is 6.07 Å². The first kappa shape index (κ1) is 11.9. The molecule has 2 heterocycles. The molecule has 5 atom stereocenters. The normalized spacial score (nSPS) is 46.1. The van der Waals surface area contributed by atoms with Crippen LogP contribution in [0.4, 0.5) is 0 Å². The van der Waals surface area contributed by atoms with Crippen molar-refractivity contribution in [1.29, 1.82) is 0 Å². The first-order chi connectivity index (χ1) is 10.6. The second kappa shape index (κ2) is 3.21. The van der Waals surface area contributed by atoms with Gasteiger partial charge in [0.1, 0.15) is 0 Å². The molecule has 4 heteroatoms. The number of likely N-dealkylation sites (N-methyl/N-ethyl adjacent to an activating group) is 1. The zero-order valence-electron chi connectivity index (χ0n) is 12.9. The van der Waals surface area contributed by atoms with Crippen molar-refractivity contribution in [2.24, 2.45) is 11.3 Å². The van der Waals surface area contributed by atoms with Gasteiger partial charge in [0, 0.05) is 30.0 Å². The molecule has 2 unspecified atom stereocenters. The fourth-order valence-electron chi connectivity index (χ4n) is 6.93. The Morgan fingerprint density at radius 2 is 2.27 bits per heavy atom. The largest absolute Gasteiger partial charge is 0.493 e. The van der Waals surface area contributed by atoms with E-state index in [9.17, 15) is 4.79 Å².